The number of hydrogen-bond acceptors (Lipinski definition) is 6. The highest BCUT2D eigenvalue weighted by atomic mass is 16.6. The van der Waals surface area contributed by atoms with Gasteiger partial charge in [-0.05, 0) is 41.8 Å². The highest BCUT2D eigenvalue weighted by molar-refractivity contribution is 6.32. The van der Waals surface area contributed by atoms with Gasteiger partial charge < -0.3 is 29.8 Å². The van der Waals surface area contributed by atoms with Crippen molar-refractivity contribution >= 4 is 7.32 Å². The molecular weight excluding hydrogens is 225 g/mol. The fraction of sp³-hybridized carbons (Fsp3) is 1.00. The normalized spacial score (nSPS) is 12.2. The largest absolute Gasteiger partial charge is 0.633 e. The Morgan fingerprint density at radius 2 is 1.35 bits per heavy atom. The number of rotatable bonds is 5. The van der Waals surface area contributed by atoms with E-state index in [4.69, 9.17) is 20.3 Å². The van der Waals surface area contributed by atoms with Gasteiger partial charge >= 0.3 is 7.32 Å². The van der Waals surface area contributed by atoms with Crippen LogP contribution >= 0.6 is 0 Å². The van der Waals surface area contributed by atoms with Crippen LogP contribution in [-0.4, -0.2) is 70.9 Å². The van der Waals surface area contributed by atoms with Crippen molar-refractivity contribution in [3.8, 4) is 0 Å². The molecular formula is C10H26BNO5. The Kier molecular flexibility index (Phi) is 9.04. The fourth-order valence-electron chi connectivity index (χ4n) is 0.341. The number of aliphatic hydroxyl groups is 2. The minimum absolute atomic E-state index is 0.338. The van der Waals surface area contributed by atoms with Gasteiger partial charge in [-0.2, -0.15) is 0 Å². The number of hydrogen-bond donors (Lipinski definition) is 4. The van der Waals surface area contributed by atoms with E-state index in [0.717, 1.165) is 0 Å². The summed E-state index contributed by atoms with van der Waals surface area (Å²) in [6, 6.07) is 0. The maximum atomic E-state index is 9.10. The first-order valence-corrected chi connectivity index (χ1v) is 5.45. The monoisotopic (exact) mass is 251 g/mol. The van der Waals surface area contributed by atoms with E-state index in [1.165, 1.54) is 0 Å². The lowest BCUT2D eigenvalue weighted by atomic mass is 9.90. The number of likely N-dealkylation sites (N-methyl/N-ethyl adjacent to an activating group) is 1. The van der Waals surface area contributed by atoms with E-state index in [0.29, 0.717) is 13.2 Å². The first-order chi connectivity index (χ1) is 7.38. The summed E-state index contributed by atoms with van der Waals surface area (Å²) in [5.41, 5.74) is -2.01. The molecule has 0 spiro atoms. The zero-order valence-corrected chi connectivity index (χ0v) is 11.6. The van der Waals surface area contributed by atoms with Crippen molar-refractivity contribution in [1.29, 1.82) is 0 Å². The highest BCUT2D eigenvalue weighted by Crippen LogP contribution is 2.19. The molecule has 0 rings (SSSR count). The molecule has 0 saturated heterocycles. The molecule has 0 atom stereocenters. The van der Waals surface area contributed by atoms with Crippen LogP contribution in [0, 0.1) is 0 Å². The van der Waals surface area contributed by atoms with E-state index in [-0.39, 0.29) is 0 Å². The van der Waals surface area contributed by atoms with Crippen molar-refractivity contribution < 1.29 is 24.9 Å². The van der Waals surface area contributed by atoms with Crippen molar-refractivity contribution in [1.82, 2.24) is 4.90 Å². The maximum absolute atomic E-state index is 9.10. The summed E-state index contributed by atoms with van der Waals surface area (Å²) in [4.78, 5) is 1.89. The first-order valence-electron chi connectivity index (χ1n) is 5.45. The molecule has 0 bridgehead atoms. The average molecular weight is 251 g/mol. The molecule has 0 amide bonds. The Morgan fingerprint density at radius 1 is 1.00 bits per heavy atom. The van der Waals surface area contributed by atoms with Gasteiger partial charge in [-0.25, -0.2) is 0 Å². The lowest BCUT2D eigenvalue weighted by Gasteiger charge is -2.31. The van der Waals surface area contributed by atoms with Crippen LogP contribution in [0.3, 0.4) is 0 Å². The van der Waals surface area contributed by atoms with Crippen molar-refractivity contribution in [2.24, 2.45) is 0 Å². The number of nitrogens with zero attached hydrogens (tertiary/aromatic N) is 1. The highest BCUT2D eigenvalue weighted by Gasteiger charge is 2.31. The second-order valence-corrected chi connectivity index (χ2v) is 5.12. The Bertz CT molecular complexity index is 166. The summed E-state index contributed by atoms with van der Waals surface area (Å²) in [6.07, 6.45) is 0. The van der Waals surface area contributed by atoms with Gasteiger partial charge in [0.15, 0.2) is 0 Å². The van der Waals surface area contributed by atoms with Crippen LogP contribution in [-0.2, 0) is 4.65 Å². The van der Waals surface area contributed by atoms with E-state index in [1.807, 2.05) is 19.0 Å². The molecule has 0 aromatic carbocycles. The predicted molar refractivity (Wildman–Crippen MR) is 67.3 cm³/mol. The third kappa shape index (κ3) is 13.8. The summed E-state index contributed by atoms with van der Waals surface area (Å²) in [7, 11) is 2.13. The second kappa shape index (κ2) is 8.02. The van der Waals surface area contributed by atoms with Gasteiger partial charge in [-0.3, -0.25) is 0 Å². The minimum atomic E-state index is -1.63. The fourth-order valence-corrected chi connectivity index (χ4v) is 0.341. The Hall–Kier alpha value is -0.175. The molecule has 0 fully saturated rings. The minimum Gasteiger partial charge on any atom is -0.402 e. The lowest BCUT2D eigenvalue weighted by Crippen LogP contribution is -2.44. The molecule has 0 heterocycles. The molecule has 17 heavy (non-hydrogen) atoms. The van der Waals surface area contributed by atoms with Crippen LogP contribution in [0.1, 0.15) is 27.7 Å². The Balaban J connectivity index is 0. The molecule has 0 radical (unpaired) electrons. The molecule has 0 aliphatic rings. The molecule has 104 valence electrons. The smallest absolute Gasteiger partial charge is 0.402 e. The Labute approximate surface area is 104 Å². The van der Waals surface area contributed by atoms with Crippen LogP contribution in [0.15, 0.2) is 0 Å². The standard InChI is InChI=1S/C6H14O2.C4H12BNO3/c1-5(2,7)6(3,4)8;1-6(2)3-4-9-5(7)8/h7-8H,1-4H3;7-8H,3-4H2,1-2H3. The van der Waals surface area contributed by atoms with Gasteiger partial charge in [-0.15, -0.1) is 0 Å². The van der Waals surface area contributed by atoms with Gasteiger partial charge in [-0.1, -0.05) is 0 Å². The van der Waals surface area contributed by atoms with Crippen molar-refractivity contribution in [2.45, 2.75) is 38.9 Å². The van der Waals surface area contributed by atoms with Crippen LogP contribution in [0.25, 0.3) is 0 Å². The lowest BCUT2D eigenvalue weighted by molar-refractivity contribution is -0.107. The molecule has 0 aliphatic carbocycles. The third-order valence-corrected chi connectivity index (χ3v) is 2.30. The molecule has 0 saturated carbocycles. The molecule has 6 nitrogen and oxygen atoms in total. The summed E-state index contributed by atoms with van der Waals surface area (Å²) in [6.45, 7) is 7.34. The van der Waals surface area contributed by atoms with E-state index >= 15 is 0 Å². The zero-order valence-electron chi connectivity index (χ0n) is 11.6. The first kappa shape index (κ1) is 19.2. The zero-order chi connectivity index (χ0) is 14.3. The summed E-state index contributed by atoms with van der Waals surface area (Å²) in [5.74, 6) is 0. The van der Waals surface area contributed by atoms with E-state index in [2.05, 4.69) is 4.65 Å². The molecule has 0 aliphatic heterocycles. The summed E-state index contributed by atoms with van der Waals surface area (Å²) < 4.78 is 4.42. The SMILES string of the molecule is CC(C)(O)C(C)(C)O.CN(C)CCOB(O)O. The molecule has 0 unspecified atom stereocenters. The summed E-state index contributed by atoms with van der Waals surface area (Å²) >= 11 is 0. The molecule has 7 heteroatoms. The van der Waals surface area contributed by atoms with Crippen molar-refractivity contribution in [2.75, 3.05) is 27.2 Å². The second-order valence-electron chi connectivity index (χ2n) is 5.12. The van der Waals surface area contributed by atoms with Gasteiger partial charge in [0.1, 0.15) is 0 Å². The van der Waals surface area contributed by atoms with E-state index in [1.54, 1.807) is 27.7 Å². The van der Waals surface area contributed by atoms with Crippen LogP contribution in [0.5, 0.6) is 0 Å². The van der Waals surface area contributed by atoms with Gasteiger partial charge in [0.2, 0.25) is 0 Å². The molecule has 0 aromatic heterocycles. The van der Waals surface area contributed by atoms with E-state index < -0.39 is 18.5 Å². The van der Waals surface area contributed by atoms with Gasteiger partial charge in [0, 0.05) is 13.2 Å². The topological polar surface area (TPSA) is 93.4 Å². The van der Waals surface area contributed by atoms with Crippen LogP contribution in [0.4, 0.5) is 0 Å². The van der Waals surface area contributed by atoms with Gasteiger partial charge in [0.25, 0.3) is 0 Å². The predicted octanol–water partition coefficient (Wildman–Crippen LogP) is -0.938. The molecule has 4 N–H and O–H groups in total. The quantitative estimate of drug-likeness (QED) is 0.471. The van der Waals surface area contributed by atoms with Crippen molar-refractivity contribution in [3.05, 3.63) is 0 Å². The van der Waals surface area contributed by atoms with E-state index in [9.17, 15) is 0 Å². The van der Waals surface area contributed by atoms with Crippen LogP contribution < -0.4 is 0 Å². The third-order valence-electron chi connectivity index (χ3n) is 2.30. The van der Waals surface area contributed by atoms with Crippen LogP contribution in [0.2, 0.25) is 0 Å². The average Bonchev–Trinajstić information content (AvgIpc) is 1.99. The molecule has 0 aromatic rings. The Morgan fingerprint density at radius 3 is 1.53 bits per heavy atom. The van der Waals surface area contributed by atoms with Gasteiger partial charge in [0.05, 0.1) is 11.2 Å². The summed E-state index contributed by atoms with van der Waals surface area (Å²) in [5, 5.41) is 34.6. The maximum Gasteiger partial charge on any atom is 0.633 e. The van der Waals surface area contributed by atoms with Crippen molar-refractivity contribution in [3.63, 3.8) is 0 Å².